The highest BCUT2D eigenvalue weighted by atomic mass is 32.2. The molecule has 5 rings (SSSR count). The molecular formula is C28H26FN3O3S. The molecule has 0 fully saturated rings. The predicted octanol–water partition coefficient (Wildman–Crippen LogP) is 4.35. The van der Waals surface area contributed by atoms with Gasteiger partial charge >= 0.3 is 0 Å². The maximum atomic E-state index is 14.4. The molecule has 1 aromatic heterocycles. The van der Waals surface area contributed by atoms with Crippen molar-refractivity contribution in [1.29, 1.82) is 0 Å². The molecule has 2 heterocycles. The van der Waals surface area contributed by atoms with E-state index < -0.39 is 15.8 Å². The van der Waals surface area contributed by atoms with E-state index in [-0.39, 0.29) is 23.9 Å². The Morgan fingerprint density at radius 1 is 0.889 bits per heavy atom. The average molecular weight is 504 g/mol. The number of hydrogen-bond acceptors (Lipinski definition) is 3. The summed E-state index contributed by atoms with van der Waals surface area (Å²) in [6.45, 7) is 1.07. The Kier molecular flexibility index (Phi) is 6.71. The summed E-state index contributed by atoms with van der Waals surface area (Å²) in [4.78, 5) is 12.9. The van der Waals surface area contributed by atoms with Crippen molar-refractivity contribution in [3.63, 3.8) is 0 Å². The lowest BCUT2D eigenvalue weighted by molar-refractivity contribution is 0.0941. The molecule has 0 radical (unpaired) electrons. The van der Waals surface area contributed by atoms with Gasteiger partial charge in [0.25, 0.3) is 5.91 Å². The lowest BCUT2D eigenvalue weighted by Gasteiger charge is -2.28. The van der Waals surface area contributed by atoms with E-state index in [1.54, 1.807) is 0 Å². The number of carbonyl (C=O) groups is 1. The number of fused-ring (bicyclic) bond motifs is 1. The van der Waals surface area contributed by atoms with Crippen molar-refractivity contribution in [2.45, 2.75) is 31.0 Å². The smallest absolute Gasteiger partial charge is 0.268 e. The molecule has 0 atom stereocenters. The van der Waals surface area contributed by atoms with Crippen molar-refractivity contribution in [2.24, 2.45) is 0 Å². The summed E-state index contributed by atoms with van der Waals surface area (Å²) in [6, 6.07) is 26.6. The van der Waals surface area contributed by atoms with Crippen molar-refractivity contribution >= 4 is 15.9 Å². The number of halogens is 1. The molecule has 184 valence electrons. The fourth-order valence-corrected chi connectivity index (χ4v) is 6.01. The van der Waals surface area contributed by atoms with Gasteiger partial charge in [0, 0.05) is 25.3 Å². The molecule has 0 unspecified atom stereocenters. The number of rotatable bonds is 7. The van der Waals surface area contributed by atoms with Crippen LogP contribution in [0.3, 0.4) is 0 Å². The summed E-state index contributed by atoms with van der Waals surface area (Å²) in [6.07, 6.45) is 0.434. The molecule has 1 aliphatic heterocycles. The molecule has 0 bridgehead atoms. The number of amides is 1. The second kappa shape index (κ2) is 10.1. The van der Waals surface area contributed by atoms with Gasteiger partial charge in [0.05, 0.1) is 6.54 Å². The van der Waals surface area contributed by atoms with Gasteiger partial charge in [0.1, 0.15) is 16.4 Å². The third-order valence-electron chi connectivity index (χ3n) is 6.42. The monoisotopic (exact) mass is 503 g/mol. The van der Waals surface area contributed by atoms with Gasteiger partial charge in [-0.05, 0) is 41.3 Å². The number of sulfonamides is 1. The van der Waals surface area contributed by atoms with E-state index in [1.807, 2.05) is 71.3 Å². The summed E-state index contributed by atoms with van der Waals surface area (Å²) >= 11 is 0. The summed E-state index contributed by atoms with van der Waals surface area (Å²) in [5.41, 5.74) is 4.12. The highest BCUT2D eigenvalue weighted by Crippen LogP contribution is 2.29. The van der Waals surface area contributed by atoms with Crippen LogP contribution in [0.25, 0.3) is 0 Å². The summed E-state index contributed by atoms with van der Waals surface area (Å²) in [5.74, 6) is -1.00. The maximum Gasteiger partial charge on any atom is 0.268 e. The number of carbonyl (C=O) groups excluding carboxylic acids is 1. The molecule has 0 saturated heterocycles. The minimum absolute atomic E-state index is 0.0603. The van der Waals surface area contributed by atoms with E-state index in [0.717, 1.165) is 28.5 Å². The van der Waals surface area contributed by atoms with E-state index in [9.17, 15) is 17.6 Å². The van der Waals surface area contributed by atoms with Crippen molar-refractivity contribution in [2.75, 3.05) is 6.54 Å². The standard InChI is InChI=1S/C28H26FN3O3S/c29-24-13-7-8-14-27(24)36(34,35)31-16-15-23-17-25(28(33)30-18-21-9-3-1-4-10-21)32(26(23)20-31)19-22-11-5-2-6-12-22/h1-14,17H,15-16,18-20H2,(H,30,33). The number of benzene rings is 3. The molecule has 0 saturated carbocycles. The van der Waals surface area contributed by atoms with Crippen molar-refractivity contribution in [3.05, 3.63) is 125 Å². The molecule has 1 amide bonds. The van der Waals surface area contributed by atoms with Crippen LogP contribution in [0.1, 0.15) is 32.9 Å². The molecular weight excluding hydrogens is 477 g/mol. The van der Waals surface area contributed by atoms with Crippen LogP contribution in [0.2, 0.25) is 0 Å². The Morgan fingerprint density at radius 2 is 1.53 bits per heavy atom. The fourth-order valence-electron chi connectivity index (χ4n) is 4.54. The van der Waals surface area contributed by atoms with Crippen LogP contribution < -0.4 is 5.32 Å². The Labute approximate surface area is 210 Å². The van der Waals surface area contributed by atoms with E-state index >= 15 is 0 Å². The Morgan fingerprint density at radius 3 is 2.22 bits per heavy atom. The number of nitrogens with zero attached hydrogens (tertiary/aromatic N) is 2. The van der Waals surface area contributed by atoms with Gasteiger partial charge in [-0.3, -0.25) is 4.79 Å². The number of aromatic nitrogens is 1. The first-order chi connectivity index (χ1) is 17.4. The second-order valence-electron chi connectivity index (χ2n) is 8.76. The zero-order valence-corrected chi connectivity index (χ0v) is 20.4. The van der Waals surface area contributed by atoms with Gasteiger partial charge in [-0.2, -0.15) is 4.31 Å². The zero-order valence-electron chi connectivity index (χ0n) is 19.6. The SMILES string of the molecule is O=C(NCc1ccccc1)c1cc2c(n1Cc1ccccc1)CN(S(=O)(=O)c1ccccc1F)CC2. The lowest BCUT2D eigenvalue weighted by Crippen LogP contribution is -2.37. The third kappa shape index (κ3) is 4.82. The quantitative estimate of drug-likeness (QED) is 0.408. The number of nitrogens with one attached hydrogen (secondary N) is 1. The van der Waals surface area contributed by atoms with Gasteiger partial charge in [0.15, 0.2) is 0 Å². The zero-order chi connectivity index (χ0) is 25.1. The first-order valence-electron chi connectivity index (χ1n) is 11.8. The van der Waals surface area contributed by atoms with Crippen LogP contribution in [0.4, 0.5) is 4.39 Å². The van der Waals surface area contributed by atoms with Crippen LogP contribution in [0.15, 0.2) is 95.9 Å². The molecule has 4 aromatic rings. The van der Waals surface area contributed by atoms with Crippen molar-refractivity contribution < 1.29 is 17.6 Å². The highest BCUT2D eigenvalue weighted by Gasteiger charge is 2.33. The molecule has 8 heteroatoms. The van der Waals surface area contributed by atoms with Gasteiger partial charge in [0.2, 0.25) is 10.0 Å². The topological polar surface area (TPSA) is 71.4 Å². The Bertz CT molecular complexity index is 1490. The predicted molar refractivity (Wildman–Crippen MR) is 135 cm³/mol. The van der Waals surface area contributed by atoms with E-state index in [4.69, 9.17) is 0 Å². The molecule has 36 heavy (non-hydrogen) atoms. The third-order valence-corrected chi connectivity index (χ3v) is 8.30. The summed E-state index contributed by atoms with van der Waals surface area (Å²) in [5, 5.41) is 2.98. The van der Waals surface area contributed by atoms with Crippen LogP contribution in [0, 0.1) is 5.82 Å². The fraction of sp³-hybridized carbons (Fsp3) is 0.179. The normalized spacial score (nSPS) is 13.8. The van der Waals surface area contributed by atoms with Gasteiger partial charge < -0.3 is 9.88 Å². The molecule has 1 N–H and O–H groups in total. The minimum Gasteiger partial charge on any atom is -0.347 e. The van der Waals surface area contributed by atoms with Crippen molar-refractivity contribution in [1.82, 2.24) is 14.2 Å². The second-order valence-corrected chi connectivity index (χ2v) is 10.7. The first-order valence-corrected chi connectivity index (χ1v) is 13.2. The molecule has 0 spiro atoms. The maximum absolute atomic E-state index is 14.4. The summed E-state index contributed by atoms with van der Waals surface area (Å²) in [7, 11) is -4.04. The van der Waals surface area contributed by atoms with Crippen LogP contribution >= 0.6 is 0 Å². The first kappa shape index (κ1) is 24.0. The van der Waals surface area contributed by atoms with Gasteiger partial charge in [-0.25, -0.2) is 12.8 Å². The Balaban J connectivity index is 1.48. The molecule has 1 aliphatic rings. The van der Waals surface area contributed by atoms with E-state index in [0.29, 0.717) is 25.2 Å². The molecule has 0 aliphatic carbocycles. The van der Waals surface area contributed by atoms with Crippen LogP contribution in [-0.2, 0) is 36.1 Å². The van der Waals surface area contributed by atoms with E-state index in [1.165, 1.54) is 22.5 Å². The average Bonchev–Trinajstić information content (AvgIpc) is 3.26. The van der Waals surface area contributed by atoms with Gasteiger partial charge in [-0.15, -0.1) is 0 Å². The van der Waals surface area contributed by atoms with Crippen molar-refractivity contribution in [3.8, 4) is 0 Å². The lowest BCUT2D eigenvalue weighted by atomic mass is 10.1. The highest BCUT2D eigenvalue weighted by molar-refractivity contribution is 7.89. The van der Waals surface area contributed by atoms with Crippen LogP contribution in [-0.4, -0.2) is 29.7 Å². The molecule has 3 aromatic carbocycles. The molecule has 6 nitrogen and oxygen atoms in total. The minimum atomic E-state index is -4.04. The van der Waals surface area contributed by atoms with E-state index in [2.05, 4.69) is 5.32 Å². The van der Waals surface area contributed by atoms with Crippen LogP contribution in [0.5, 0.6) is 0 Å². The largest absolute Gasteiger partial charge is 0.347 e. The van der Waals surface area contributed by atoms with Gasteiger partial charge in [-0.1, -0.05) is 72.8 Å². The number of hydrogen-bond donors (Lipinski definition) is 1. The Hall–Kier alpha value is -3.75. The summed E-state index contributed by atoms with van der Waals surface area (Å²) < 4.78 is 44.1.